The van der Waals surface area contributed by atoms with E-state index in [1.54, 1.807) is 4.90 Å². The molecule has 1 aliphatic rings. The molecule has 1 aliphatic heterocycles. The Labute approximate surface area is 129 Å². The maximum Gasteiger partial charge on any atom is 0.119 e. The van der Waals surface area contributed by atoms with Gasteiger partial charge in [0.05, 0.1) is 13.2 Å². The Morgan fingerprint density at radius 2 is 1.84 bits per heavy atom. The van der Waals surface area contributed by atoms with Gasteiger partial charge in [-0.25, -0.2) is 0 Å². The molecule has 1 heterocycles. The minimum Gasteiger partial charge on any atom is -0.493 e. The average molecular weight is 376 g/mol. The first kappa shape index (κ1) is 15.1. The van der Waals surface area contributed by atoms with Crippen molar-refractivity contribution in [2.45, 2.75) is 32.5 Å². The fourth-order valence-electron chi connectivity index (χ4n) is 2.64. The van der Waals surface area contributed by atoms with Gasteiger partial charge in [-0.3, -0.25) is 0 Å². The Hall–Kier alpha value is -0.330. The molecule has 0 aromatic heterocycles. The second-order valence-corrected chi connectivity index (χ2v) is 6.57. The Morgan fingerprint density at radius 1 is 1.21 bits per heavy atom. The molecular weight excluding hydrogens is 353 g/mol. The molecule has 0 amide bonds. The third-order valence-corrected chi connectivity index (χ3v) is 4.09. The average Bonchev–Trinajstić information content (AvgIpc) is 2.36. The SMILES string of the molecule is C[C@@H]1C[NH+](CCCOc2ccc(I)cc2)C[C@@H](C)O1. The minimum absolute atomic E-state index is 0.385. The number of hydrogen-bond donors (Lipinski definition) is 1. The molecule has 4 heteroatoms. The second kappa shape index (κ2) is 7.45. The van der Waals surface area contributed by atoms with Crippen LogP contribution in [0.25, 0.3) is 0 Å². The molecular formula is C15H23INO2+. The predicted octanol–water partition coefficient (Wildman–Crippen LogP) is 1.75. The number of ether oxygens (including phenoxy) is 2. The number of benzene rings is 1. The van der Waals surface area contributed by atoms with E-state index < -0.39 is 0 Å². The highest BCUT2D eigenvalue weighted by molar-refractivity contribution is 14.1. The maximum atomic E-state index is 5.76. The van der Waals surface area contributed by atoms with Crippen LogP contribution in [0.5, 0.6) is 5.75 Å². The van der Waals surface area contributed by atoms with Gasteiger partial charge in [0.2, 0.25) is 0 Å². The molecule has 1 saturated heterocycles. The smallest absolute Gasteiger partial charge is 0.119 e. The Kier molecular flexibility index (Phi) is 5.91. The molecule has 1 aromatic rings. The third-order valence-electron chi connectivity index (χ3n) is 3.37. The summed E-state index contributed by atoms with van der Waals surface area (Å²) in [6.45, 7) is 8.54. The van der Waals surface area contributed by atoms with Gasteiger partial charge in [0.25, 0.3) is 0 Å². The van der Waals surface area contributed by atoms with E-state index in [1.807, 2.05) is 12.1 Å². The number of halogens is 1. The van der Waals surface area contributed by atoms with E-state index in [0.717, 1.165) is 31.9 Å². The maximum absolute atomic E-state index is 5.76. The number of morpholine rings is 1. The third kappa shape index (κ3) is 5.28. The molecule has 0 bridgehead atoms. The molecule has 0 spiro atoms. The van der Waals surface area contributed by atoms with Gasteiger partial charge in [-0.1, -0.05) is 0 Å². The molecule has 2 atom stereocenters. The van der Waals surface area contributed by atoms with Crippen molar-refractivity contribution in [3.63, 3.8) is 0 Å². The van der Waals surface area contributed by atoms with Gasteiger partial charge in [-0.2, -0.15) is 0 Å². The van der Waals surface area contributed by atoms with Gasteiger partial charge in [-0.05, 0) is 60.7 Å². The molecule has 0 radical (unpaired) electrons. The summed E-state index contributed by atoms with van der Waals surface area (Å²) in [7, 11) is 0. The standard InChI is InChI=1S/C15H22INO2/c1-12-10-17(11-13(2)19-12)8-3-9-18-15-6-4-14(16)5-7-15/h4-7,12-13H,3,8-11H2,1-2H3/p+1/t12-,13-/m1/s1. The molecule has 1 fully saturated rings. The molecule has 1 N–H and O–H groups in total. The summed E-state index contributed by atoms with van der Waals surface area (Å²) in [5, 5.41) is 0. The summed E-state index contributed by atoms with van der Waals surface area (Å²) >= 11 is 2.30. The van der Waals surface area contributed by atoms with E-state index in [2.05, 4.69) is 48.6 Å². The highest BCUT2D eigenvalue weighted by Gasteiger charge is 2.24. The highest BCUT2D eigenvalue weighted by Crippen LogP contribution is 2.13. The van der Waals surface area contributed by atoms with Crippen molar-refractivity contribution in [1.29, 1.82) is 0 Å². The van der Waals surface area contributed by atoms with Gasteiger partial charge in [0.15, 0.2) is 0 Å². The Morgan fingerprint density at radius 3 is 2.47 bits per heavy atom. The van der Waals surface area contributed by atoms with Crippen LogP contribution in [0.4, 0.5) is 0 Å². The van der Waals surface area contributed by atoms with Crippen molar-refractivity contribution in [2.24, 2.45) is 0 Å². The van der Waals surface area contributed by atoms with E-state index in [-0.39, 0.29) is 0 Å². The predicted molar refractivity (Wildman–Crippen MR) is 84.8 cm³/mol. The number of hydrogen-bond acceptors (Lipinski definition) is 2. The van der Waals surface area contributed by atoms with Crippen LogP contribution >= 0.6 is 22.6 Å². The summed E-state index contributed by atoms with van der Waals surface area (Å²) in [6.07, 6.45) is 1.87. The lowest BCUT2D eigenvalue weighted by Gasteiger charge is -2.32. The van der Waals surface area contributed by atoms with Gasteiger partial charge >= 0.3 is 0 Å². The molecule has 19 heavy (non-hydrogen) atoms. The van der Waals surface area contributed by atoms with Crippen molar-refractivity contribution >= 4 is 22.6 Å². The van der Waals surface area contributed by atoms with E-state index in [0.29, 0.717) is 12.2 Å². The lowest BCUT2D eigenvalue weighted by Crippen LogP contribution is -3.15. The summed E-state index contributed by atoms with van der Waals surface area (Å²) in [5.74, 6) is 0.971. The van der Waals surface area contributed by atoms with Gasteiger partial charge in [-0.15, -0.1) is 0 Å². The minimum atomic E-state index is 0.385. The topological polar surface area (TPSA) is 22.9 Å². The quantitative estimate of drug-likeness (QED) is 0.625. The first-order valence-corrected chi connectivity index (χ1v) is 8.09. The van der Waals surface area contributed by atoms with Crippen LogP contribution in [-0.2, 0) is 4.74 Å². The zero-order valence-electron chi connectivity index (χ0n) is 11.7. The molecule has 106 valence electrons. The number of nitrogens with one attached hydrogen (secondary N) is 1. The molecule has 0 unspecified atom stereocenters. The lowest BCUT2D eigenvalue weighted by molar-refractivity contribution is -0.915. The van der Waals surface area contributed by atoms with Crippen LogP contribution in [0.2, 0.25) is 0 Å². The molecule has 1 aromatic carbocycles. The van der Waals surface area contributed by atoms with E-state index in [9.17, 15) is 0 Å². The summed E-state index contributed by atoms with van der Waals surface area (Å²) in [6, 6.07) is 8.22. The Balaban J connectivity index is 1.65. The first-order valence-electron chi connectivity index (χ1n) is 7.01. The van der Waals surface area contributed by atoms with Gasteiger partial charge in [0, 0.05) is 9.99 Å². The fourth-order valence-corrected chi connectivity index (χ4v) is 3.00. The van der Waals surface area contributed by atoms with Crippen LogP contribution in [0.15, 0.2) is 24.3 Å². The molecule has 0 aliphatic carbocycles. The molecule has 0 saturated carbocycles. The van der Waals surface area contributed by atoms with Crippen molar-refractivity contribution in [3.05, 3.63) is 27.8 Å². The largest absolute Gasteiger partial charge is 0.493 e. The van der Waals surface area contributed by atoms with Gasteiger partial charge in [0.1, 0.15) is 31.0 Å². The normalized spacial score (nSPS) is 27.2. The van der Waals surface area contributed by atoms with Crippen LogP contribution in [0.3, 0.4) is 0 Å². The second-order valence-electron chi connectivity index (χ2n) is 5.32. The first-order chi connectivity index (χ1) is 9.13. The lowest BCUT2D eigenvalue weighted by atomic mass is 10.2. The Bertz CT molecular complexity index is 372. The summed E-state index contributed by atoms with van der Waals surface area (Å²) in [5.41, 5.74) is 0. The van der Waals surface area contributed by atoms with Gasteiger partial charge < -0.3 is 14.4 Å². The van der Waals surface area contributed by atoms with Crippen molar-refractivity contribution in [2.75, 3.05) is 26.2 Å². The van der Waals surface area contributed by atoms with Crippen LogP contribution < -0.4 is 9.64 Å². The van der Waals surface area contributed by atoms with Crippen LogP contribution in [0, 0.1) is 3.57 Å². The van der Waals surface area contributed by atoms with E-state index in [4.69, 9.17) is 9.47 Å². The zero-order valence-corrected chi connectivity index (χ0v) is 13.9. The van der Waals surface area contributed by atoms with Crippen molar-refractivity contribution in [3.8, 4) is 5.75 Å². The monoisotopic (exact) mass is 376 g/mol. The number of rotatable bonds is 5. The fraction of sp³-hybridized carbons (Fsp3) is 0.600. The van der Waals surface area contributed by atoms with Crippen LogP contribution in [0.1, 0.15) is 20.3 Å². The summed E-state index contributed by atoms with van der Waals surface area (Å²) in [4.78, 5) is 1.64. The van der Waals surface area contributed by atoms with E-state index >= 15 is 0 Å². The molecule has 2 rings (SSSR count). The highest BCUT2D eigenvalue weighted by atomic mass is 127. The van der Waals surface area contributed by atoms with Crippen molar-refractivity contribution in [1.82, 2.24) is 0 Å². The number of quaternary nitrogens is 1. The molecule has 3 nitrogen and oxygen atoms in total. The van der Waals surface area contributed by atoms with Crippen LogP contribution in [-0.4, -0.2) is 38.4 Å². The zero-order chi connectivity index (χ0) is 13.7. The van der Waals surface area contributed by atoms with Crippen molar-refractivity contribution < 1.29 is 14.4 Å². The summed E-state index contributed by atoms with van der Waals surface area (Å²) < 4.78 is 12.7. The van der Waals surface area contributed by atoms with E-state index in [1.165, 1.54) is 10.1 Å².